The van der Waals surface area contributed by atoms with E-state index >= 15 is 0 Å². The normalized spacial score (nSPS) is 11.8. The van der Waals surface area contributed by atoms with E-state index in [0.717, 1.165) is 60.9 Å². The molecule has 0 amide bonds. The molecule has 5 nitrogen and oxygen atoms in total. The summed E-state index contributed by atoms with van der Waals surface area (Å²) in [6.07, 6.45) is 7.20. The maximum Gasteiger partial charge on any atom is 0.153 e. The van der Waals surface area contributed by atoms with E-state index in [1.54, 1.807) is 18.6 Å². The number of aromatic nitrogens is 2. The predicted molar refractivity (Wildman–Crippen MR) is 149 cm³/mol. The molecule has 174 valence electrons. The molecule has 0 spiro atoms. The van der Waals surface area contributed by atoms with E-state index in [9.17, 15) is 0 Å². The second kappa shape index (κ2) is 7.67. The molecule has 4 aromatic heterocycles. The summed E-state index contributed by atoms with van der Waals surface area (Å²) in [5.74, 6) is 0. The van der Waals surface area contributed by atoms with Crippen LogP contribution in [0.15, 0.2) is 125 Å². The van der Waals surface area contributed by atoms with Crippen molar-refractivity contribution in [1.29, 1.82) is 0 Å². The SMILES string of the molecule is c1ccc2c(N(c3ccc4oc5cnccc5c4c3)c3ccc4oc5ccncc5c4c3)cccc2c1. The van der Waals surface area contributed by atoms with Crippen LogP contribution in [0.5, 0.6) is 0 Å². The Labute approximate surface area is 211 Å². The molecule has 37 heavy (non-hydrogen) atoms. The van der Waals surface area contributed by atoms with Gasteiger partial charge in [-0.1, -0.05) is 36.4 Å². The van der Waals surface area contributed by atoms with Crippen LogP contribution >= 0.6 is 0 Å². The van der Waals surface area contributed by atoms with E-state index in [0.29, 0.717) is 0 Å². The van der Waals surface area contributed by atoms with E-state index in [1.165, 1.54) is 10.8 Å². The molecule has 0 atom stereocenters. The van der Waals surface area contributed by atoms with Crippen LogP contribution in [0, 0.1) is 0 Å². The van der Waals surface area contributed by atoms with Crippen LogP contribution in [-0.2, 0) is 0 Å². The van der Waals surface area contributed by atoms with E-state index in [-0.39, 0.29) is 0 Å². The molecule has 5 heteroatoms. The van der Waals surface area contributed by atoms with Gasteiger partial charge in [-0.3, -0.25) is 9.97 Å². The second-order valence-corrected chi connectivity index (χ2v) is 9.14. The fourth-order valence-electron chi connectivity index (χ4n) is 5.34. The number of benzene rings is 4. The van der Waals surface area contributed by atoms with E-state index in [1.807, 2.05) is 30.5 Å². The van der Waals surface area contributed by atoms with Crippen molar-refractivity contribution in [2.24, 2.45) is 0 Å². The van der Waals surface area contributed by atoms with Crippen molar-refractivity contribution in [1.82, 2.24) is 9.97 Å². The van der Waals surface area contributed by atoms with Crippen molar-refractivity contribution in [2.75, 3.05) is 4.90 Å². The van der Waals surface area contributed by atoms with E-state index in [4.69, 9.17) is 8.83 Å². The molecule has 0 aliphatic rings. The molecular formula is C32H19N3O2. The monoisotopic (exact) mass is 477 g/mol. The first-order valence-electron chi connectivity index (χ1n) is 12.1. The Morgan fingerprint density at radius 2 is 1.16 bits per heavy atom. The summed E-state index contributed by atoms with van der Waals surface area (Å²) in [7, 11) is 0. The van der Waals surface area contributed by atoms with Gasteiger partial charge in [0, 0.05) is 56.9 Å². The summed E-state index contributed by atoms with van der Waals surface area (Å²) >= 11 is 0. The molecule has 0 aliphatic heterocycles. The van der Waals surface area contributed by atoms with Gasteiger partial charge in [0.2, 0.25) is 0 Å². The van der Waals surface area contributed by atoms with Gasteiger partial charge in [0.25, 0.3) is 0 Å². The Balaban J connectivity index is 1.43. The smallest absolute Gasteiger partial charge is 0.153 e. The number of nitrogens with zero attached hydrogens (tertiary/aromatic N) is 3. The third kappa shape index (κ3) is 3.04. The van der Waals surface area contributed by atoms with Gasteiger partial charge in [-0.2, -0.15) is 0 Å². The lowest BCUT2D eigenvalue weighted by Crippen LogP contribution is -2.10. The highest BCUT2D eigenvalue weighted by Crippen LogP contribution is 2.42. The minimum Gasteiger partial charge on any atom is -0.456 e. The number of pyridine rings is 2. The third-order valence-corrected chi connectivity index (χ3v) is 7.04. The lowest BCUT2D eigenvalue weighted by molar-refractivity contribution is 0.667. The first kappa shape index (κ1) is 20.1. The van der Waals surface area contributed by atoms with Crippen molar-refractivity contribution >= 4 is 71.7 Å². The average molecular weight is 478 g/mol. The van der Waals surface area contributed by atoms with E-state index in [2.05, 4.69) is 81.6 Å². The largest absolute Gasteiger partial charge is 0.456 e. The first-order valence-corrected chi connectivity index (χ1v) is 12.1. The summed E-state index contributed by atoms with van der Waals surface area (Å²) in [5.41, 5.74) is 6.46. The molecule has 0 saturated heterocycles. The van der Waals surface area contributed by atoms with Gasteiger partial charge in [0.05, 0.1) is 11.9 Å². The summed E-state index contributed by atoms with van der Waals surface area (Å²) in [6.45, 7) is 0. The number of hydrogen-bond acceptors (Lipinski definition) is 5. The molecule has 0 unspecified atom stereocenters. The summed E-state index contributed by atoms with van der Waals surface area (Å²) < 4.78 is 12.2. The Hall–Kier alpha value is -5.16. The highest BCUT2D eigenvalue weighted by atomic mass is 16.3. The lowest BCUT2D eigenvalue weighted by Gasteiger charge is -2.27. The molecule has 0 aliphatic carbocycles. The molecule has 0 saturated carbocycles. The molecule has 0 N–H and O–H groups in total. The highest BCUT2D eigenvalue weighted by Gasteiger charge is 2.19. The van der Waals surface area contributed by atoms with Gasteiger partial charge < -0.3 is 13.7 Å². The summed E-state index contributed by atoms with van der Waals surface area (Å²) in [4.78, 5) is 10.9. The second-order valence-electron chi connectivity index (χ2n) is 9.14. The zero-order valence-corrected chi connectivity index (χ0v) is 19.6. The molecule has 4 heterocycles. The van der Waals surface area contributed by atoms with Gasteiger partial charge in [-0.25, -0.2) is 0 Å². The Morgan fingerprint density at radius 3 is 2.03 bits per heavy atom. The zero-order chi connectivity index (χ0) is 24.3. The molecule has 0 radical (unpaired) electrons. The van der Waals surface area contributed by atoms with Crippen LogP contribution in [-0.4, -0.2) is 9.97 Å². The van der Waals surface area contributed by atoms with Crippen molar-refractivity contribution < 1.29 is 8.83 Å². The number of anilines is 3. The standard InChI is InChI=1S/C32H19N3O2/c1-2-6-23-20(4-1)5-3-7-28(23)35(21-8-10-29-25(16-21)24-12-14-34-19-32(24)37-29)22-9-11-30-26(17-22)27-18-33-15-13-31(27)36-30/h1-19H. The van der Waals surface area contributed by atoms with Gasteiger partial charge in [-0.15, -0.1) is 0 Å². The molecule has 8 rings (SSSR count). The van der Waals surface area contributed by atoms with Gasteiger partial charge in [-0.05, 0) is 60.0 Å². The highest BCUT2D eigenvalue weighted by molar-refractivity contribution is 6.09. The van der Waals surface area contributed by atoms with Gasteiger partial charge in [0.15, 0.2) is 5.58 Å². The summed E-state index contributed by atoms with van der Waals surface area (Å²) in [6, 6.07) is 31.5. The Morgan fingerprint density at radius 1 is 0.486 bits per heavy atom. The predicted octanol–water partition coefficient (Wildman–Crippen LogP) is 8.90. The maximum absolute atomic E-state index is 6.09. The number of fused-ring (bicyclic) bond motifs is 7. The Kier molecular flexibility index (Phi) is 4.16. The average Bonchev–Trinajstić information content (AvgIpc) is 3.51. The minimum absolute atomic E-state index is 0.783. The van der Waals surface area contributed by atoms with Crippen molar-refractivity contribution in [2.45, 2.75) is 0 Å². The topological polar surface area (TPSA) is 55.3 Å². The lowest BCUT2D eigenvalue weighted by atomic mass is 10.1. The molecule has 4 aromatic carbocycles. The Bertz CT molecular complexity index is 2000. The van der Waals surface area contributed by atoms with Crippen LogP contribution < -0.4 is 4.90 Å². The number of furan rings is 2. The van der Waals surface area contributed by atoms with Gasteiger partial charge >= 0.3 is 0 Å². The van der Waals surface area contributed by atoms with Crippen molar-refractivity contribution in [3.63, 3.8) is 0 Å². The number of hydrogen-bond donors (Lipinski definition) is 0. The zero-order valence-electron chi connectivity index (χ0n) is 19.6. The molecule has 8 aromatic rings. The minimum atomic E-state index is 0.783. The van der Waals surface area contributed by atoms with Crippen LogP contribution in [0.3, 0.4) is 0 Å². The fraction of sp³-hybridized carbons (Fsp3) is 0. The van der Waals surface area contributed by atoms with E-state index < -0.39 is 0 Å². The van der Waals surface area contributed by atoms with Crippen molar-refractivity contribution in [3.8, 4) is 0 Å². The summed E-state index contributed by atoms with van der Waals surface area (Å²) in [5, 5.41) is 6.49. The molecule has 0 bridgehead atoms. The molecule has 0 fully saturated rings. The number of rotatable bonds is 3. The van der Waals surface area contributed by atoms with Crippen LogP contribution in [0.4, 0.5) is 17.1 Å². The maximum atomic E-state index is 6.09. The third-order valence-electron chi connectivity index (χ3n) is 7.04. The van der Waals surface area contributed by atoms with Crippen molar-refractivity contribution in [3.05, 3.63) is 116 Å². The quantitative estimate of drug-likeness (QED) is 0.254. The fourth-order valence-corrected chi connectivity index (χ4v) is 5.34. The first-order chi connectivity index (χ1) is 18.3. The van der Waals surface area contributed by atoms with Crippen LogP contribution in [0.25, 0.3) is 54.6 Å². The van der Waals surface area contributed by atoms with Gasteiger partial charge in [0.1, 0.15) is 16.7 Å². The molecular weight excluding hydrogens is 458 g/mol. The van der Waals surface area contributed by atoms with Crippen LogP contribution in [0.2, 0.25) is 0 Å². The van der Waals surface area contributed by atoms with Crippen LogP contribution in [0.1, 0.15) is 0 Å².